The predicted molar refractivity (Wildman–Crippen MR) is 93.8 cm³/mol. The van der Waals surface area contributed by atoms with Crippen molar-refractivity contribution >= 4 is 34.7 Å². The maximum absolute atomic E-state index is 12.1. The molecule has 0 saturated carbocycles. The molecule has 0 aliphatic rings. The van der Waals surface area contributed by atoms with Crippen molar-refractivity contribution in [3.05, 3.63) is 57.2 Å². The van der Waals surface area contributed by atoms with Crippen LogP contribution in [0.15, 0.2) is 47.6 Å². The van der Waals surface area contributed by atoms with E-state index in [9.17, 15) is 4.79 Å². The van der Waals surface area contributed by atoms with E-state index in [2.05, 4.69) is 33.1 Å². The van der Waals surface area contributed by atoms with Crippen LogP contribution in [0, 0.1) is 3.57 Å². The molecule has 0 unspecified atom stereocenters. The molecule has 0 fully saturated rings. The normalized spacial score (nSPS) is 10.5. The van der Waals surface area contributed by atoms with Crippen LogP contribution in [0.25, 0.3) is 0 Å². The van der Waals surface area contributed by atoms with Gasteiger partial charge in [-0.2, -0.15) is 5.10 Å². The third-order valence-electron chi connectivity index (χ3n) is 2.88. The topological polar surface area (TPSA) is 59.9 Å². The fourth-order valence-electron chi connectivity index (χ4n) is 1.80. The maximum atomic E-state index is 12.1. The molecule has 0 aliphatic heterocycles. The highest BCUT2D eigenvalue weighted by molar-refractivity contribution is 14.1. The van der Waals surface area contributed by atoms with Gasteiger partial charge < -0.3 is 9.47 Å². The molecule has 22 heavy (non-hydrogen) atoms. The van der Waals surface area contributed by atoms with E-state index in [4.69, 9.17) is 9.47 Å². The molecule has 1 N–H and O–H groups in total. The van der Waals surface area contributed by atoms with Gasteiger partial charge in [-0.05, 0) is 52.4 Å². The van der Waals surface area contributed by atoms with Gasteiger partial charge >= 0.3 is 0 Å². The van der Waals surface area contributed by atoms with Crippen molar-refractivity contribution in [3.8, 4) is 11.5 Å². The second-order valence-electron chi connectivity index (χ2n) is 4.32. The number of benzene rings is 2. The summed E-state index contributed by atoms with van der Waals surface area (Å²) in [5.74, 6) is 0.707. The van der Waals surface area contributed by atoms with Crippen LogP contribution in [0.3, 0.4) is 0 Å². The van der Waals surface area contributed by atoms with Gasteiger partial charge in [0.2, 0.25) is 0 Å². The zero-order valence-electron chi connectivity index (χ0n) is 12.2. The highest BCUT2D eigenvalue weighted by Crippen LogP contribution is 2.24. The number of amides is 1. The zero-order chi connectivity index (χ0) is 15.9. The molecule has 0 radical (unpaired) electrons. The Kier molecular flexibility index (Phi) is 5.76. The van der Waals surface area contributed by atoms with Gasteiger partial charge in [0.1, 0.15) is 11.5 Å². The molecular formula is C16H15IN2O3. The number of carbonyl (C=O) groups is 1. The lowest BCUT2D eigenvalue weighted by Gasteiger charge is -2.08. The molecule has 1 amide bonds. The lowest BCUT2D eigenvalue weighted by atomic mass is 10.2. The van der Waals surface area contributed by atoms with Crippen molar-refractivity contribution in [3.63, 3.8) is 0 Å². The van der Waals surface area contributed by atoms with Gasteiger partial charge in [-0.3, -0.25) is 4.79 Å². The van der Waals surface area contributed by atoms with E-state index < -0.39 is 0 Å². The van der Waals surface area contributed by atoms with Gasteiger partial charge in [-0.15, -0.1) is 0 Å². The van der Waals surface area contributed by atoms with Crippen LogP contribution in [-0.2, 0) is 0 Å². The lowest BCUT2D eigenvalue weighted by molar-refractivity contribution is 0.0952. The van der Waals surface area contributed by atoms with Gasteiger partial charge in [0, 0.05) is 9.64 Å². The number of carbonyl (C=O) groups excluding carboxylic acids is 1. The van der Waals surface area contributed by atoms with Gasteiger partial charge in [0.25, 0.3) is 5.91 Å². The summed E-state index contributed by atoms with van der Waals surface area (Å²) in [5, 5.41) is 3.96. The average molecular weight is 410 g/mol. The molecule has 0 atom stereocenters. The number of hydrogen-bond acceptors (Lipinski definition) is 4. The number of nitrogens with one attached hydrogen (secondary N) is 1. The molecule has 2 aromatic rings. The van der Waals surface area contributed by atoms with Crippen LogP contribution in [-0.4, -0.2) is 26.3 Å². The van der Waals surface area contributed by atoms with Gasteiger partial charge in [-0.25, -0.2) is 5.43 Å². The summed E-state index contributed by atoms with van der Waals surface area (Å²) in [6.45, 7) is 0. The summed E-state index contributed by atoms with van der Waals surface area (Å²) in [5.41, 5.74) is 3.79. The fraction of sp³-hybridized carbons (Fsp3) is 0.125. The Bertz CT molecular complexity index is 702. The number of rotatable bonds is 5. The quantitative estimate of drug-likeness (QED) is 0.468. The Hall–Kier alpha value is -2.09. The van der Waals surface area contributed by atoms with E-state index in [1.165, 1.54) is 7.11 Å². The summed E-state index contributed by atoms with van der Waals surface area (Å²) >= 11 is 2.22. The van der Waals surface area contributed by atoms with Gasteiger partial charge in [0.05, 0.1) is 26.0 Å². The molecule has 5 nitrogen and oxygen atoms in total. The minimum atomic E-state index is -0.346. The summed E-state index contributed by atoms with van der Waals surface area (Å²) in [6, 6.07) is 12.8. The highest BCUT2D eigenvalue weighted by Gasteiger charge is 2.12. The van der Waals surface area contributed by atoms with Crippen molar-refractivity contribution < 1.29 is 14.3 Å². The van der Waals surface area contributed by atoms with Crippen LogP contribution < -0.4 is 14.9 Å². The van der Waals surface area contributed by atoms with E-state index in [1.54, 1.807) is 31.5 Å². The van der Waals surface area contributed by atoms with Crippen molar-refractivity contribution in [1.82, 2.24) is 5.43 Å². The minimum Gasteiger partial charge on any atom is -0.497 e. The second-order valence-corrected chi connectivity index (χ2v) is 5.57. The van der Waals surface area contributed by atoms with E-state index in [-0.39, 0.29) is 5.91 Å². The SMILES string of the molecule is COc1ccc(C(=O)NN=Cc2cccc(I)c2)c(OC)c1. The van der Waals surface area contributed by atoms with Crippen molar-refractivity contribution in [2.24, 2.45) is 5.10 Å². The molecule has 0 saturated heterocycles. The van der Waals surface area contributed by atoms with Crippen molar-refractivity contribution in [1.29, 1.82) is 0 Å². The standard InChI is InChI=1S/C16H15IN2O3/c1-21-13-6-7-14(15(9-13)22-2)16(20)19-18-10-11-4-3-5-12(17)8-11/h3-10H,1-2H3,(H,19,20). The number of halogens is 1. The first-order valence-corrected chi connectivity index (χ1v) is 7.53. The van der Waals surface area contributed by atoms with E-state index in [0.717, 1.165) is 9.13 Å². The molecule has 0 bridgehead atoms. The van der Waals surface area contributed by atoms with Crippen molar-refractivity contribution in [2.45, 2.75) is 0 Å². The zero-order valence-corrected chi connectivity index (χ0v) is 14.3. The largest absolute Gasteiger partial charge is 0.497 e. The Morgan fingerprint density at radius 1 is 1.18 bits per heavy atom. The predicted octanol–water partition coefficient (Wildman–Crippen LogP) is 3.07. The van der Waals surface area contributed by atoms with Crippen LogP contribution >= 0.6 is 22.6 Å². The third kappa shape index (κ3) is 4.20. The van der Waals surface area contributed by atoms with E-state index in [0.29, 0.717) is 17.1 Å². The van der Waals surface area contributed by atoms with E-state index in [1.807, 2.05) is 24.3 Å². The molecule has 0 spiro atoms. The van der Waals surface area contributed by atoms with Crippen LogP contribution in [0.5, 0.6) is 11.5 Å². The first-order valence-electron chi connectivity index (χ1n) is 6.45. The molecule has 0 heterocycles. The summed E-state index contributed by atoms with van der Waals surface area (Å²) in [6.07, 6.45) is 1.59. The lowest BCUT2D eigenvalue weighted by Crippen LogP contribution is -2.18. The highest BCUT2D eigenvalue weighted by atomic mass is 127. The Morgan fingerprint density at radius 2 is 2.00 bits per heavy atom. The summed E-state index contributed by atoms with van der Waals surface area (Å²) < 4.78 is 11.4. The second kappa shape index (κ2) is 7.79. The van der Waals surface area contributed by atoms with Crippen LogP contribution in [0.1, 0.15) is 15.9 Å². The number of hydrogen-bond donors (Lipinski definition) is 1. The molecule has 0 aromatic heterocycles. The van der Waals surface area contributed by atoms with Crippen LogP contribution in [0.2, 0.25) is 0 Å². The molecule has 114 valence electrons. The summed E-state index contributed by atoms with van der Waals surface area (Å²) in [7, 11) is 3.06. The fourth-order valence-corrected chi connectivity index (χ4v) is 2.37. The first kappa shape index (κ1) is 16.3. The minimum absolute atomic E-state index is 0.346. The maximum Gasteiger partial charge on any atom is 0.275 e. The third-order valence-corrected chi connectivity index (χ3v) is 3.55. The van der Waals surface area contributed by atoms with Crippen molar-refractivity contribution in [2.75, 3.05) is 14.2 Å². The molecule has 0 aliphatic carbocycles. The number of methoxy groups -OCH3 is 2. The van der Waals surface area contributed by atoms with E-state index >= 15 is 0 Å². The summed E-state index contributed by atoms with van der Waals surface area (Å²) in [4.78, 5) is 12.1. The van der Waals surface area contributed by atoms with Crippen LogP contribution in [0.4, 0.5) is 0 Å². The molecule has 2 aromatic carbocycles. The molecule has 6 heteroatoms. The molecule has 2 rings (SSSR count). The Labute approximate surface area is 142 Å². The molecular weight excluding hydrogens is 395 g/mol. The number of ether oxygens (including phenoxy) is 2. The smallest absolute Gasteiger partial charge is 0.275 e. The Balaban J connectivity index is 2.09. The monoisotopic (exact) mass is 410 g/mol. The number of hydrazone groups is 1. The average Bonchev–Trinajstić information content (AvgIpc) is 2.54. The van der Waals surface area contributed by atoms with Gasteiger partial charge in [0.15, 0.2) is 0 Å². The number of nitrogens with zero attached hydrogens (tertiary/aromatic N) is 1. The first-order chi connectivity index (χ1) is 10.6. The van der Waals surface area contributed by atoms with Gasteiger partial charge in [-0.1, -0.05) is 12.1 Å². The Morgan fingerprint density at radius 3 is 2.68 bits per heavy atom.